The van der Waals surface area contributed by atoms with Gasteiger partial charge in [0.2, 0.25) is 0 Å². The van der Waals surface area contributed by atoms with Crippen LogP contribution in [0.1, 0.15) is 33.1 Å². The highest BCUT2D eigenvalue weighted by Gasteiger charge is 2.07. The third-order valence-corrected chi connectivity index (χ3v) is 2.67. The molecule has 0 aliphatic heterocycles. The van der Waals surface area contributed by atoms with Gasteiger partial charge in [-0.15, -0.1) is 0 Å². The topological polar surface area (TPSA) is 28.2 Å². The highest BCUT2D eigenvalue weighted by molar-refractivity contribution is 5.68. The van der Waals surface area contributed by atoms with Gasteiger partial charge < -0.3 is 10.2 Å². The summed E-state index contributed by atoms with van der Waals surface area (Å²) in [6.07, 6.45) is 7.46. The average molecular weight is 221 g/mol. The number of hydrogen-bond acceptors (Lipinski definition) is 3. The number of nitrogens with zero attached hydrogens (tertiary/aromatic N) is 2. The minimum atomic E-state index is 0.503. The lowest BCUT2D eigenvalue weighted by atomic mass is 10.1. The summed E-state index contributed by atoms with van der Waals surface area (Å²) in [5, 5.41) is 3.52. The van der Waals surface area contributed by atoms with Crippen LogP contribution in [0.4, 0.5) is 11.4 Å². The zero-order valence-electron chi connectivity index (χ0n) is 10.8. The quantitative estimate of drug-likeness (QED) is 0.800. The fourth-order valence-electron chi connectivity index (χ4n) is 1.74. The molecule has 0 aliphatic rings. The van der Waals surface area contributed by atoms with Gasteiger partial charge in [-0.25, -0.2) is 0 Å². The van der Waals surface area contributed by atoms with E-state index in [0.29, 0.717) is 6.04 Å². The second-order valence-electron chi connectivity index (χ2n) is 4.47. The summed E-state index contributed by atoms with van der Waals surface area (Å²) in [5.41, 5.74) is 2.31. The van der Waals surface area contributed by atoms with Crippen molar-refractivity contribution in [2.45, 2.75) is 39.2 Å². The maximum absolute atomic E-state index is 4.17. The van der Waals surface area contributed by atoms with E-state index in [1.165, 1.54) is 24.9 Å². The number of unbranched alkanes of at least 4 members (excludes halogenated alkanes) is 1. The van der Waals surface area contributed by atoms with Crippen molar-refractivity contribution >= 4 is 11.4 Å². The van der Waals surface area contributed by atoms with E-state index in [2.05, 4.69) is 43.1 Å². The van der Waals surface area contributed by atoms with Crippen molar-refractivity contribution in [3.05, 3.63) is 18.5 Å². The molecule has 90 valence electrons. The minimum absolute atomic E-state index is 0.503. The number of hydrogen-bond donors (Lipinski definition) is 1. The Balaban J connectivity index is 2.65. The lowest BCUT2D eigenvalue weighted by Gasteiger charge is -2.21. The molecular weight excluding hydrogens is 198 g/mol. The SMILES string of the molecule is CCCCC(C)Nc1cnccc1N(C)C. The van der Waals surface area contributed by atoms with Crippen LogP contribution < -0.4 is 10.2 Å². The van der Waals surface area contributed by atoms with Gasteiger partial charge in [-0.3, -0.25) is 4.98 Å². The number of rotatable bonds is 6. The molecule has 0 aliphatic carbocycles. The maximum Gasteiger partial charge on any atom is 0.0766 e. The summed E-state index contributed by atoms with van der Waals surface area (Å²) in [7, 11) is 4.11. The van der Waals surface area contributed by atoms with Crippen LogP contribution in [0.15, 0.2) is 18.5 Å². The van der Waals surface area contributed by atoms with Gasteiger partial charge in [-0.1, -0.05) is 19.8 Å². The predicted molar refractivity (Wildman–Crippen MR) is 71.2 cm³/mol. The summed E-state index contributed by atoms with van der Waals surface area (Å²) >= 11 is 0. The summed E-state index contributed by atoms with van der Waals surface area (Å²) in [6, 6.07) is 2.54. The third-order valence-electron chi connectivity index (χ3n) is 2.67. The standard InChI is InChI=1S/C13H23N3/c1-5-6-7-11(2)15-12-10-14-9-8-13(12)16(3)4/h8-11,15H,5-7H2,1-4H3. The summed E-state index contributed by atoms with van der Waals surface area (Å²) in [5.74, 6) is 0. The second kappa shape index (κ2) is 6.36. The molecule has 1 heterocycles. The van der Waals surface area contributed by atoms with E-state index < -0.39 is 0 Å². The van der Waals surface area contributed by atoms with Crippen LogP contribution in [-0.2, 0) is 0 Å². The summed E-state index contributed by atoms with van der Waals surface area (Å²) < 4.78 is 0. The Bertz CT molecular complexity index is 310. The first kappa shape index (κ1) is 12.8. The van der Waals surface area contributed by atoms with Gasteiger partial charge in [0.25, 0.3) is 0 Å². The number of nitrogens with one attached hydrogen (secondary N) is 1. The van der Waals surface area contributed by atoms with Gasteiger partial charge in [0.15, 0.2) is 0 Å². The Morgan fingerprint density at radius 3 is 2.81 bits per heavy atom. The molecule has 1 unspecified atom stereocenters. The van der Waals surface area contributed by atoms with Crippen molar-refractivity contribution in [1.29, 1.82) is 0 Å². The molecule has 1 N–H and O–H groups in total. The van der Waals surface area contributed by atoms with Gasteiger partial charge in [-0.2, -0.15) is 0 Å². The molecule has 1 aromatic heterocycles. The second-order valence-corrected chi connectivity index (χ2v) is 4.47. The van der Waals surface area contributed by atoms with Crippen LogP contribution in [-0.4, -0.2) is 25.1 Å². The van der Waals surface area contributed by atoms with Gasteiger partial charge in [-0.05, 0) is 19.4 Å². The van der Waals surface area contributed by atoms with E-state index >= 15 is 0 Å². The Hall–Kier alpha value is -1.25. The Morgan fingerprint density at radius 1 is 1.44 bits per heavy atom. The zero-order valence-corrected chi connectivity index (χ0v) is 10.8. The minimum Gasteiger partial charge on any atom is -0.380 e. The molecule has 0 fully saturated rings. The van der Waals surface area contributed by atoms with Crippen LogP contribution in [0.25, 0.3) is 0 Å². The Kier molecular flexibility index (Phi) is 5.09. The van der Waals surface area contributed by atoms with Gasteiger partial charge in [0.1, 0.15) is 0 Å². The fraction of sp³-hybridized carbons (Fsp3) is 0.615. The first-order valence-electron chi connectivity index (χ1n) is 6.03. The van der Waals surface area contributed by atoms with Crippen molar-refractivity contribution in [2.24, 2.45) is 0 Å². The fourth-order valence-corrected chi connectivity index (χ4v) is 1.74. The first-order chi connectivity index (χ1) is 7.65. The number of pyridine rings is 1. The van der Waals surface area contributed by atoms with Gasteiger partial charge in [0, 0.05) is 26.3 Å². The molecule has 1 aromatic rings. The lowest BCUT2D eigenvalue weighted by molar-refractivity contribution is 0.645. The zero-order chi connectivity index (χ0) is 12.0. The number of aromatic nitrogens is 1. The van der Waals surface area contributed by atoms with Crippen LogP contribution in [0.5, 0.6) is 0 Å². The molecule has 0 saturated heterocycles. The molecular formula is C13H23N3. The molecule has 1 atom stereocenters. The molecule has 0 saturated carbocycles. The van der Waals surface area contributed by atoms with Crippen molar-refractivity contribution in [3.63, 3.8) is 0 Å². The van der Waals surface area contributed by atoms with Crippen molar-refractivity contribution in [1.82, 2.24) is 4.98 Å². The smallest absolute Gasteiger partial charge is 0.0766 e. The molecule has 0 bridgehead atoms. The molecule has 16 heavy (non-hydrogen) atoms. The molecule has 3 nitrogen and oxygen atoms in total. The molecule has 0 aromatic carbocycles. The molecule has 3 heteroatoms. The van der Waals surface area contributed by atoms with Gasteiger partial charge >= 0.3 is 0 Å². The van der Waals surface area contributed by atoms with Crippen molar-refractivity contribution < 1.29 is 0 Å². The summed E-state index contributed by atoms with van der Waals surface area (Å²) in [4.78, 5) is 6.28. The van der Waals surface area contributed by atoms with Crippen LogP contribution in [0, 0.1) is 0 Å². The van der Waals surface area contributed by atoms with E-state index in [1.54, 1.807) is 0 Å². The summed E-state index contributed by atoms with van der Waals surface area (Å²) in [6.45, 7) is 4.45. The molecule has 1 rings (SSSR count). The predicted octanol–water partition coefficient (Wildman–Crippen LogP) is 3.14. The largest absolute Gasteiger partial charge is 0.380 e. The lowest BCUT2D eigenvalue weighted by Crippen LogP contribution is -2.18. The van der Waals surface area contributed by atoms with E-state index in [-0.39, 0.29) is 0 Å². The Morgan fingerprint density at radius 2 is 2.19 bits per heavy atom. The number of anilines is 2. The molecule has 0 amide bonds. The molecule has 0 radical (unpaired) electrons. The Labute approximate surface area is 98.9 Å². The van der Waals surface area contributed by atoms with Crippen LogP contribution in [0.2, 0.25) is 0 Å². The van der Waals surface area contributed by atoms with E-state index in [1.807, 2.05) is 18.5 Å². The van der Waals surface area contributed by atoms with Crippen LogP contribution in [0.3, 0.4) is 0 Å². The van der Waals surface area contributed by atoms with Gasteiger partial charge in [0.05, 0.1) is 17.6 Å². The highest BCUT2D eigenvalue weighted by Crippen LogP contribution is 2.23. The first-order valence-corrected chi connectivity index (χ1v) is 6.03. The highest BCUT2D eigenvalue weighted by atomic mass is 15.1. The average Bonchev–Trinajstić information content (AvgIpc) is 2.27. The van der Waals surface area contributed by atoms with E-state index in [9.17, 15) is 0 Å². The molecule has 0 spiro atoms. The normalized spacial score (nSPS) is 12.2. The van der Waals surface area contributed by atoms with Crippen LogP contribution >= 0.6 is 0 Å². The monoisotopic (exact) mass is 221 g/mol. The van der Waals surface area contributed by atoms with Crippen molar-refractivity contribution in [3.8, 4) is 0 Å². The van der Waals surface area contributed by atoms with E-state index in [0.717, 1.165) is 5.69 Å². The third kappa shape index (κ3) is 3.72. The van der Waals surface area contributed by atoms with E-state index in [4.69, 9.17) is 0 Å². The van der Waals surface area contributed by atoms with Crippen molar-refractivity contribution in [2.75, 3.05) is 24.3 Å². The maximum atomic E-state index is 4.17.